The fourth-order valence-electron chi connectivity index (χ4n) is 2.39. The van der Waals surface area contributed by atoms with Crippen molar-refractivity contribution in [2.45, 2.75) is 66.4 Å². The highest BCUT2D eigenvalue weighted by molar-refractivity contribution is 5.68. The zero-order valence-corrected chi connectivity index (χ0v) is 14.8. The van der Waals surface area contributed by atoms with E-state index in [1.807, 2.05) is 25.7 Å². The first-order valence-corrected chi connectivity index (χ1v) is 8.31. The van der Waals surface area contributed by atoms with Gasteiger partial charge in [0.15, 0.2) is 0 Å². The van der Waals surface area contributed by atoms with E-state index in [1.165, 1.54) is 6.42 Å². The van der Waals surface area contributed by atoms with Gasteiger partial charge in [-0.05, 0) is 57.9 Å². The molecule has 0 aliphatic carbocycles. The van der Waals surface area contributed by atoms with E-state index in [0.29, 0.717) is 11.3 Å². The molecule has 1 amide bonds. The Morgan fingerprint density at radius 1 is 1.19 bits per heavy atom. The van der Waals surface area contributed by atoms with Crippen LogP contribution in [0.1, 0.15) is 60.8 Å². The van der Waals surface area contributed by atoms with Gasteiger partial charge in [0.05, 0.1) is 0 Å². The zero-order valence-electron chi connectivity index (χ0n) is 14.8. The first-order valence-electron chi connectivity index (χ1n) is 8.31. The monoisotopic (exact) mass is 298 g/mol. The van der Waals surface area contributed by atoms with E-state index in [4.69, 9.17) is 4.74 Å². The van der Waals surface area contributed by atoms with Gasteiger partial charge in [0, 0.05) is 19.6 Å². The highest BCUT2D eigenvalue weighted by atomic mass is 16.6. The maximum absolute atomic E-state index is 12.0. The Morgan fingerprint density at radius 3 is 2.24 bits per heavy atom. The highest BCUT2D eigenvalue weighted by Crippen LogP contribution is 2.21. The number of rotatable bonds is 5. The lowest BCUT2D eigenvalue weighted by Crippen LogP contribution is -2.43. The van der Waals surface area contributed by atoms with Crippen LogP contribution in [0.3, 0.4) is 0 Å². The normalized spacial score (nSPS) is 17.9. The molecule has 0 atom stereocenters. The van der Waals surface area contributed by atoms with Crippen LogP contribution in [0.2, 0.25) is 0 Å². The molecule has 124 valence electrons. The molecular weight excluding hydrogens is 264 g/mol. The number of carbonyl (C=O) groups is 1. The van der Waals surface area contributed by atoms with Gasteiger partial charge in [-0.2, -0.15) is 0 Å². The summed E-state index contributed by atoms with van der Waals surface area (Å²) in [6.07, 6.45) is 3.16. The summed E-state index contributed by atoms with van der Waals surface area (Å²) in [5, 5.41) is 3.59. The first-order chi connectivity index (χ1) is 9.63. The van der Waals surface area contributed by atoms with Crippen LogP contribution >= 0.6 is 0 Å². The molecule has 0 unspecified atom stereocenters. The third-order valence-electron chi connectivity index (χ3n) is 4.26. The summed E-state index contributed by atoms with van der Waals surface area (Å²) >= 11 is 0. The Labute approximate surface area is 130 Å². The van der Waals surface area contributed by atoms with Gasteiger partial charge in [-0.3, -0.25) is 0 Å². The quantitative estimate of drug-likeness (QED) is 0.842. The SMILES string of the molecule is CCC(C)(C)CNCC1CCN(C(=O)OC(C)(C)C)CC1. The molecule has 0 aromatic carbocycles. The van der Waals surface area contributed by atoms with Crippen molar-refractivity contribution in [2.24, 2.45) is 11.3 Å². The third-order valence-corrected chi connectivity index (χ3v) is 4.26. The molecule has 1 N–H and O–H groups in total. The van der Waals surface area contributed by atoms with Crippen LogP contribution in [0.4, 0.5) is 4.79 Å². The average molecular weight is 298 g/mol. The molecule has 0 spiro atoms. The molecular formula is C17H34N2O2. The molecule has 0 aromatic heterocycles. The largest absolute Gasteiger partial charge is 0.444 e. The van der Waals surface area contributed by atoms with Crippen LogP contribution in [0, 0.1) is 11.3 Å². The summed E-state index contributed by atoms with van der Waals surface area (Å²) in [6, 6.07) is 0. The number of piperidine rings is 1. The Hall–Kier alpha value is -0.770. The number of ether oxygens (including phenoxy) is 1. The third kappa shape index (κ3) is 7.16. The van der Waals surface area contributed by atoms with E-state index in [0.717, 1.165) is 39.0 Å². The van der Waals surface area contributed by atoms with Gasteiger partial charge in [-0.25, -0.2) is 4.79 Å². The van der Waals surface area contributed by atoms with Crippen molar-refractivity contribution in [3.8, 4) is 0 Å². The molecule has 0 aromatic rings. The van der Waals surface area contributed by atoms with E-state index in [9.17, 15) is 4.79 Å². The van der Waals surface area contributed by atoms with Crippen LogP contribution in [0.5, 0.6) is 0 Å². The maximum atomic E-state index is 12.0. The van der Waals surface area contributed by atoms with Gasteiger partial charge in [-0.15, -0.1) is 0 Å². The molecule has 1 aliphatic heterocycles. The van der Waals surface area contributed by atoms with E-state index >= 15 is 0 Å². The number of amides is 1. The van der Waals surface area contributed by atoms with Crippen LogP contribution in [-0.4, -0.2) is 42.8 Å². The topological polar surface area (TPSA) is 41.6 Å². The minimum Gasteiger partial charge on any atom is -0.444 e. The van der Waals surface area contributed by atoms with Crippen molar-refractivity contribution < 1.29 is 9.53 Å². The predicted octanol–water partition coefficient (Wildman–Crippen LogP) is 3.66. The molecule has 1 aliphatic rings. The van der Waals surface area contributed by atoms with Crippen molar-refractivity contribution in [1.29, 1.82) is 0 Å². The van der Waals surface area contributed by atoms with E-state index < -0.39 is 5.60 Å². The van der Waals surface area contributed by atoms with Gasteiger partial charge in [0.2, 0.25) is 0 Å². The Bertz CT molecular complexity index is 326. The lowest BCUT2D eigenvalue weighted by molar-refractivity contribution is 0.0183. The molecule has 4 nitrogen and oxygen atoms in total. The lowest BCUT2D eigenvalue weighted by Gasteiger charge is -2.34. The van der Waals surface area contributed by atoms with Crippen molar-refractivity contribution in [2.75, 3.05) is 26.2 Å². The summed E-state index contributed by atoms with van der Waals surface area (Å²) < 4.78 is 5.42. The van der Waals surface area contributed by atoms with Gasteiger partial charge in [-0.1, -0.05) is 20.8 Å². The molecule has 1 fully saturated rings. The Kier molecular flexibility index (Phi) is 6.51. The molecule has 0 bridgehead atoms. The average Bonchev–Trinajstić information content (AvgIpc) is 2.37. The van der Waals surface area contributed by atoms with Crippen LogP contribution in [-0.2, 0) is 4.74 Å². The number of nitrogens with one attached hydrogen (secondary N) is 1. The van der Waals surface area contributed by atoms with Gasteiger partial charge >= 0.3 is 6.09 Å². The molecule has 0 radical (unpaired) electrons. The van der Waals surface area contributed by atoms with Gasteiger partial charge in [0.25, 0.3) is 0 Å². The van der Waals surface area contributed by atoms with Gasteiger partial charge < -0.3 is 15.0 Å². The van der Waals surface area contributed by atoms with Crippen molar-refractivity contribution in [3.63, 3.8) is 0 Å². The molecule has 1 saturated heterocycles. The molecule has 1 heterocycles. The summed E-state index contributed by atoms with van der Waals surface area (Å²) in [4.78, 5) is 13.8. The standard InChI is InChI=1S/C17H34N2O2/c1-7-17(5,6)13-18-12-14-8-10-19(11-9-14)15(20)21-16(2,3)4/h14,18H,7-13H2,1-6H3. The molecule has 4 heteroatoms. The van der Waals surface area contributed by atoms with Crippen molar-refractivity contribution in [1.82, 2.24) is 10.2 Å². The summed E-state index contributed by atoms with van der Waals surface area (Å²) in [7, 11) is 0. The first kappa shape index (κ1) is 18.3. The minimum atomic E-state index is -0.402. The van der Waals surface area contributed by atoms with Crippen LogP contribution < -0.4 is 5.32 Å². The molecule has 21 heavy (non-hydrogen) atoms. The second-order valence-corrected chi connectivity index (χ2v) is 8.06. The highest BCUT2D eigenvalue weighted by Gasteiger charge is 2.26. The Morgan fingerprint density at radius 2 is 1.76 bits per heavy atom. The minimum absolute atomic E-state index is 0.166. The number of likely N-dealkylation sites (tertiary alicyclic amines) is 1. The summed E-state index contributed by atoms with van der Waals surface area (Å²) in [5.41, 5.74) is -0.0293. The molecule has 1 rings (SSSR count). The Balaban J connectivity index is 2.25. The molecule has 0 saturated carbocycles. The summed E-state index contributed by atoms with van der Waals surface area (Å²) in [6.45, 7) is 16.3. The number of hydrogen-bond donors (Lipinski definition) is 1. The van der Waals surface area contributed by atoms with E-state index in [-0.39, 0.29) is 6.09 Å². The van der Waals surface area contributed by atoms with E-state index in [2.05, 4.69) is 26.1 Å². The lowest BCUT2D eigenvalue weighted by atomic mass is 9.89. The summed E-state index contributed by atoms with van der Waals surface area (Å²) in [5.74, 6) is 0.677. The van der Waals surface area contributed by atoms with E-state index in [1.54, 1.807) is 0 Å². The fraction of sp³-hybridized carbons (Fsp3) is 0.941. The second-order valence-electron chi connectivity index (χ2n) is 8.06. The zero-order chi connectivity index (χ0) is 16.1. The smallest absolute Gasteiger partial charge is 0.410 e. The predicted molar refractivity (Wildman–Crippen MR) is 87.5 cm³/mol. The van der Waals surface area contributed by atoms with Crippen LogP contribution in [0.15, 0.2) is 0 Å². The van der Waals surface area contributed by atoms with Crippen molar-refractivity contribution in [3.05, 3.63) is 0 Å². The second kappa shape index (κ2) is 7.48. The number of carbonyl (C=O) groups excluding carboxylic acids is 1. The van der Waals surface area contributed by atoms with Crippen molar-refractivity contribution >= 4 is 6.09 Å². The van der Waals surface area contributed by atoms with Gasteiger partial charge in [0.1, 0.15) is 5.60 Å². The fourth-order valence-corrected chi connectivity index (χ4v) is 2.39. The number of hydrogen-bond acceptors (Lipinski definition) is 3. The van der Waals surface area contributed by atoms with Crippen LogP contribution in [0.25, 0.3) is 0 Å². The number of nitrogens with zero attached hydrogens (tertiary/aromatic N) is 1. The maximum Gasteiger partial charge on any atom is 0.410 e.